The molecular weight excluding hydrogens is 268 g/mol. The molecule has 1 aromatic carbocycles. The zero-order chi connectivity index (χ0) is 13.9. The first kappa shape index (κ1) is 13.9. The Morgan fingerprint density at radius 3 is 2.53 bits per heavy atom. The van der Waals surface area contributed by atoms with Crippen molar-refractivity contribution in [3.63, 3.8) is 0 Å². The Kier molecular flexibility index (Phi) is 4.09. The molecule has 19 heavy (non-hydrogen) atoms. The number of esters is 1. The Balaban J connectivity index is 1.98. The number of carbonyl (C=O) groups is 1. The number of hydrogen-bond acceptors (Lipinski definition) is 5. The third kappa shape index (κ3) is 3.70. The molecule has 0 N–H and O–H groups in total. The van der Waals surface area contributed by atoms with E-state index in [9.17, 15) is 13.2 Å². The van der Waals surface area contributed by atoms with Crippen molar-refractivity contribution >= 4 is 15.8 Å². The van der Waals surface area contributed by atoms with Crippen molar-refractivity contribution in [2.24, 2.45) is 0 Å². The monoisotopic (exact) mass is 284 g/mol. The third-order valence-electron chi connectivity index (χ3n) is 2.86. The zero-order valence-corrected chi connectivity index (χ0v) is 11.5. The summed E-state index contributed by atoms with van der Waals surface area (Å²) in [6, 6.07) is 6.52. The number of ether oxygens (including phenoxy) is 2. The van der Waals surface area contributed by atoms with E-state index >= 15 is 0 Å². The van der Waals surface area contributed by atoms with Crippen LogP contribution < -0.4 is 4.74 Å². The minimum absolute atomic E-state index is 0.0621. The van der Waals surface area contributed by atoms with Crippen molar-refractivity contribution in [3.05, 3.63) is 29.8 Å². The van der Waals surface area contributed by atoms with E-state index < -0.39 is 9.84 Å². The van der Waals surface area contributed by atoms with E-state index in [1.807, 2.05) is 0 Å². The van der Waals surface area contributed by atoms with Crippen LogP contribution in [0.2, 0.25) is 0 Å². The molecule has 0 saturated carbocycles. The van der Waals surface area contributed by atoms with Crippen molar-refractivity contribution in [1.82, 2.24) is 0 Å². The maximum Gasteiger partial charge on any atom is 0.338 e. The van der Waals surface area contributed by atoms with E-state index in [4.69, 9.17) is 9.47 Å². The molecule has 104 valence electrons. The van der Waals surface area contributed by atoms with Crippen LogP contribution in [0.25, 0.3) is 0 Å². The molecule has 0 aromatic heterocycles. The van der Waals surface area contributed by atoms with Crippen LogP contribution in [0.3, 0.4) is 0 Å². The van der Waals surface area contributed by atoms with Crippen LogP contribution in [-0.4, -0.2) is 38.6 Å². The Morgan fingerprint density at radius 1 is 1.32 bits per heavy atom. The predicted molar refractivity (Wildman–Crippen MR) is 70.1 cm³/mol. The lowest BCUT2D eigenvalue weighted by atomic mass is 10.2. The molecule has 1 saturated heterocycles. The molecule has 0 spiro atoms. The third-order valence-corrected chi connectivity index (χ3v) is 4.60. The second kappa shape index (κ2) is 5.61. The molecule has 2 rings (SSSR count). The molecule has 1 atom stereocenters. The maximum atomic E-state index is 11.4. The van der Waals surface area contributed by atoms with Crippen molar-refractivity contribution in [2.75, 3.05) is 18.1 Å². The fraction of sp³-hybridized carbons (Fsp3) is 0.462. The van der Waals surface area contributed by atoms with Gasteiger partial charge in [0.2, 0.25) is 0 Å². The van der Waals surface area contributed by atoms with Gasteiger partial charge in [-0.1, -0.05) is 0 Å². The van der Waals surface area contributed by atoms with E-state index in [0.29, 0.717) is 24.3 Å². The lowest BCUT2D eigenvalue weighted by molar-refractivity contribution is 0.0526. The first-order chi connectivity index (χ1) is 9.00. The van der Waals surface area contributed by atoms with Crippen LogP contribution in [0.5, 0.6) is 5.75 Å². The highest BCUT2D eigenvalue weighted by Crippen LogP contribution is 2.20. The molecule has 1 heterocycles. The van der Waals surface area contributed by atoms with Crippen molar-refractivity contribution in [1.29, 1.82) is 0 Å². The molecule has 0 amide bonds. The van der Waals surface area contributed by atoms with E-state index in [2.05, 4.69) is 0 Å². The summed E-state index contributed by atoms with van der Waals surface area (Å²) < 4.78 is 33.1. The molecule has 6 heteroatoms. The van der Waals surface area contributed by atoms with Crippen LogP contribution >= 0.6 is 0 Å². The zero-order valence-electron chi connectivity index (χ0n) is 10.7. The molecule has 1 aromatic rings. The number of hydrogen-bond donors (Lipinski definition) is 0. The van der Waals surface area contributed by atoms with Gasteiger partial charge in [0.15, 0.2) is 9.84 Å². The van der Waals surface area contributed by atoms with Gasteiger partial charge in [-0.15, -0.1) is 0 Å². The summed E-state index contributed by atoms with van der Waals surface area (Å²) >= 11 is 0. The van der Waals surface area contributed by atoms with Gasteiger partial charge in [0.25, 0.3) is 0 Å². The average molecular weight is 284 g/mol. The van der Waals surface area contributed by atoms with Gasteiger partial charge in [0.1, 0.15) is 11.9 Å². The van der Waals surface area contributed by atoms with E-state index in [1.165, 1.54) is 0 Å². The summed E-state index contributed by atoms with van der Waals surface area (Å²) in [6.07, 6.45) is 0.223. The van der Waals surface area contributed by atoms with Gasteiger partial charge in [-0.3, -0.25) is 0 Å². The normalized spacial score (nSPS) is 21.0. The first-order valence-corrected chi connectivity index (χ1v) is 7.96. The fourth-order valence-electron chi connectivity index (χ4n) is 1.93. The standard InChI is InChI=1S/C13H16O5S/c1-2-17-13(14)10-3-5-11(6-4-10)18-12-7-8-19(15,16)9-12/h3-6,12H,2,7-9H2,1H3. The molecule has 0 aliphatic carbocycles. The topological polar surface area (TPSA) is 69.7 Å². The Hall–Kier alpha value is -1.56. The van der Waals surface area contributed by atoms with Crippen molar-refractivity contribution in [3.8, 4) is 5.75 Å². The molecule has 1 fully saturated rings. The van der Waals surface area contributed by atoms with Gasteiger partial charge in [-0.05, 0) is 37.6 Å². The predicted octanol–water partition coefficient (Wildman–Crippen LogP) is 1.43. The molecule has 1 aliphatic heterocycles. The van der Waals surface area contributed by atoms with Gasteiger partial charge in [-0.25, -0.2) is 13.2 Å². The average Bonchev–Trinajstić information content (AvgIpc) is 2.70. The van der Waals surface area contributed by atoms with Gasteiger partial charge in [0.05, 0.1) is 23.7 Å². The highest BCUT2D eigenvalue weighted by molar-refractivity contribution is 7.91. The second-order valence-electron chi connectivity index (χ2n) is 4.39. The molecule has 0 bridgehead atoms. The molecule has 5 nitrogen and oxygen atoms in total. The van der Waals surface area contributed by atoms with Crippen LogP contribution in [-0.2, 0) is 14.6 Å². The van der Waals surface area contributed by atoms with Crippen LogP contribution in [0.15, 0.2) is 24.3 Å². The van der Waals surface area contributed by atoms with Crippen molar-refractivity contribution < 1.29 is 22.7 Å². The van der Waals surface area contributed by atoms with E-state index in [0.717, 1.165) is 0 Å². The Bertz CT molecular complexity index is 547. The summed E-state index contributed by atoms with van der Waals surface area (Å²) in [7, 11) is -2.94. The van der Waals surface area contributed by atoms with Gasteiger partial charge < -0.3 is 9.47 Å². The van der Waals surface area contributed by atoms with Crippen LogP contribution in [0.1, 0.15) is 23.7 Å². The second-order valence-corrected chi connectivity index (χ2v) is 6.62. The van der Waals surface area contributed by atoms with Gasteiger partial charge in [-0.2, -0.15) is 0 Å². The van der Waals surface area contributed by atoms with Gasteiger partial charge >= 0.3 is 5.97 Å². The highest BCUT2D eigenvalue weighted by atomic mass is 32.2. The highest BCUT2D eigenvalue weighted by Gasteiger charge is 2.29. The van der Waals surface area contributed by atoms with E-state index in [1.54, 1.807) is 31.2 Å². The fourth-order valence-corrected chi connectivity index (χ4v) is 3.52. The van der Waals surface area contributed by atoms with Crippen molar-refractivity contribution in [2.45, 2.75) is 19.4 Å². The number of carbonyl (C=O) groups excluding carboxylic acids is 1. The largest absolute Gasteiger partial charge is 0.489 e. The smallest absolute Gasteiger partial charge is 0.338 e. The summed E-state index contributed by atoms with van der Waals surface area (Å²) in [4.78, 5) is 11.4. The minimum Gasteiger partial charge on any atom is -0.489 e. The number of benzene rings is 1. The van der Waals surface area contributed by atoms with Crippen LogP contribution in [0, 0.1) is 0 Å². The lowest BCUT2D eigenvalue weighted by Gasteiger charge is -2.12. The Labute approximate surface area is 112 Å². The van der Waals surface area contributed by atoms with Crippen LogP contribution in [0.4, 0.5) is 0 Å². The summed E-state index contributed by atoms with van der Waals surface area (Å²) in [5.41, 5.74) is 0.452. The van der Waals surface area contributed by atoms with E-state index in [-0.39, 0.29) is 23.6 Å². The maximum absolute atomic E-state index is 11.4. The Morgan fingerprint density at radius 2 is 2.00 bits per heavy atom. The molecule has 0 radical (unpaired) electrons. The number of rotatable bonds is 4. The van der Waals surface area contributed by atoms with Gasteiger partial charge in [0, 0.05) is 0 Å². The quantitative estimate of drug-likeness (QED) is 0.782. The summed E-state index contributed by atoms with van der Waals surface area (Å²) in [6.45, 7) is 2.08. The first-order valence-electron chi connectivity index (χ1n) is 6.14. The molecular formula is C13H16O5S. The summed E-state index contributed by atoms with van der Waals surface area (Å²) in [5.74, 6) is 0.429. The summed E-state index contributed by atoms with van der Waals surface area (Å²) in [5, 5.41) is 0. The molecule has 1 unspecified atom stereocenters. The SMILES string of the molecule is CCOC(=O)c1ccc(OC2CCS(=O)(=O)C2)cc1. The lowest BCUT2D eigenvalue weighted by Crippen LogP contribution is -2.17. The molecule has 1 aliphatic rings. The minimum atomic E-state index is -2.94. The number of sulfone groups is 1.